The van der Waals surface area contributed by atoms with Crippen LogP contribution >= 0.6 is 11.6 Å². The number of hydrogen-bond donors (Lipinski definition) is 3. The predicted molar refractivity (Wildman–Crippen MR) is 74.7 cm³/mol. The number of carboxylic acid groups (broad SMARTS) is 1. The minimum absolute atomic E-state index is 0.0278. The zero-order valence-corrected chi connectivity index (χ0v) is 11.6. The quantitative estimate of drug-likeness (QED) is 0.518. The lowest BCUT2D eigenvalue weighted by Gasteiger charge is -2.13. The van der Waals surface area contributed by atoms with Crippen LogP contribution in [0.3, 0.4) is 0 Å². The van der Waals surface area contributed by atoms with Gasteiger partial charge in [0, 0.05) is 12.2 Å². The molecule has 0 aromatic heterocycles. The average molecular weight is 313 g/mol. The monoisotopic (exact) mass is 312 g/mol. The van der Waals surface area contributed by atoms with Gasteiger partial charge in [0.05, 0.1) is 23.1 Å². The number of nitrogens with zero attached hydrogens (tertiary/aromatic N) is 1. The van der Waals surface area contributed by atoms with Crippen molar-refractivity contribution in [2.45, 2.75) is 6.10 Å². The van der Waals surface area contributed by atoms with Crippen LogP contribution in [-0.4, -0.2) is 58.0 Å². The summed E-state index contributed by atoms with van der Waals surface area (Å²) < 4.78 is 0. The number of aliphatic hydroxyl groups is 1. The molecule has 21 heavy (non-hydrogen) atoms. The number of carbonyl (C=O) groups excluding carboxylic acids is 2. The van der Waals surface area contributed by atoms with E-state index in [1.54, 1.807) is 12.1 Å². The highest BCUT2D eigenvalue weighted by atomic mass is 35.5. The van der Waals surface area contributed by atoms with E-state index in [9.17, 15) is 19.5 Å². The molecule has 0 spiro atoms. The summed E-state index contributed by atoms with van der Waals surface area (Å²) in [7, 11) is 0. The summed E-state index contributed by atoms with van der Waals surface area (Å²) in [6.07, 6.45) is -0.801. The molecule has 1 aromatic rings. The van der Waals surface area contributed by atoms with E-state index in [0.29, 0.717) is 10.6 Å². The summed E-state index contributed by atoms with van der Waals surface area (Å²) in [4.78, 5) is 35.6. The van der Waals surface area contributed by atoms with Crippen LogP contribution in [0.5, 0.6) is 0 Å². The molecule has 0 saturated heterocycles. The molecule has 3 N–H and O–H groups in total. The molecular formula is C13H13ClN2O5. The Bertz CT molecular complexity index is 604. The van der Waals surface area contributed by atoms with Gasteiger partial charge < -0.3 is 15.5 Å². The number of halogens is 1. The van der Waals surface area contributed by atoms with Crippen LogP contribution in [0.2, 0.25) is 0 Å². The average Bonchev–Trinajstić information content (AvgIpc) is 2.70. The summed E-state index contributed by atoms with van der Waals surface area (Å²) in [6, 6.07) is 4.61. The number of amides is 2. The van der Waals surface area contributed by atoms with E-state index in [2.05, 4.69) is 5.32 Å². The third-order valence-corrected chi connectivity index (χ3v) is 3.35. The van der Waals surface area contributed by atoms with Crippen LogP contribution in [0, 0.1) is 0 Å². The number of carbonyl (C=O) groups is 3. The van der Waals surface area contributed by atoms with Crippen LogP contribution in [0.15, 0.2) is 18.2 Å². The molecule has 1 aliphatic rings. The van der Waals surface area contributed by atoms with Gasteiger partial charge in [-0.15, -0.1) is 11.6 Å². The van der Waals surface area contributed by atoms with E-state index in [0.717, 1.165) is 0 Å². The maximum absolute atomic E-state index is 12.2. The van der Waals surface area contributed by atoms with Gasteiger partial charge in [0.25, 0.3) is 11.8 Å². The Morgan fingerprint density at radius 2 is 2.05 bits per heavy atom. The first-order valence-corrected chi connectivity index (χ1v) is 6.68. The Morgan fingerprint density at radius 1 is 1.33 bits per heavy atom. The zero-order valence-electron chi connectivity index (χ0n) is 10.9. The maximum Gasteiger partial charge on any atom is 0.323 e. The number of carboxylic acids is 1. The van der Waals surface area contributed by atoms with Gasteiger partial charge in [0.2, 0.25) is 0 Å². The van der Waals surface area contributed by atoms with E-state index >= 15 is 0 Å². The number of alkyl halides is 1. The molecule has 0 saturated carbocycles. The van der Waals surface area contributed by atoms with Crippen molar-refractivity contribution in [1.82, 2.24) is 4.90 Å². The molecule has 1 aliphatic heterocycles. The second-order valence-corrected chi connectivity index (χ2v) is 4.82. The molecule has 1 aromatic carbocycles. The molecule has 1 heterocycles. The minimum Gasteiger partial charge on any atom is -0.480 e. The highest BCUT2D eigenvalue weighted by molar-refractivity contribution is 6.24. The van der Waals surface area contributed by atoms with Crippen LogP contribution in [0.1, 0.15) is 20.7 Å². The normalized spacial score (nSPS) is 15.0. The first kappa shape index (κ1) is 15.3. The number of nitrogens with one attached hydrogen (secondary N) is 1. The first-order valence-electron chi connectivity index (χ1n) is 6.14. The van der Waals surface area contributed by atoms with E-state index in [1.165, 1.54) is 6.07 Å². The fourth-order valence-electron chi connectivity index (χ4n) is 2.04. The first-order chi connectivity index (χ1) is 9.95. The number of aliphatic hydroxyl groups excluding tert-OH is 1. The predicted octanol–water partition coefficient (Wildman–Crippen LogP) is 0.379. The molecule has 0 aliphatic carbocycles. The third-order valence-electron chi connectivity index (χ3n) is 3.00. The standard InChI is InChI=1S/C13H13ClN2O5/c14-4-7(17)5-15-9-3-1-2-8-11(9)13(21)16(12(8)20)6-10(18)19/h1-3,7,15,17H,4-6H2,(H,18,19). The molecule has 7 nitrogen and oxygen atoms in total. The van der Waals surface area contributed by atoms with Crippen molar-refractivity contribution in [3.05, 3.63) is 29.3 Å². The topological polar surface area (TPSA) is 107 Å². The SMILES string of the molecule is O=C(O)CN1C(=O)c2cccc(NCC(O)CCl)c2C1=O. The van der Waals surface area contributed by atoms with Gasteiger partial charge in [-0.3, -0.25) is 19.3 Å². The minimum atomic E-state index is -1.27. The molecule has 2 amide bonds. The Morgan fingerprint density at radius 3 is 2.67 bits per heavy atom. The number of imide groups is 1. The second kappa shape index (κ2) is 6.11. The lowest BCUT2D eigenvalue weighted by molar-refractivity contribution is -0.137. The number of benzene rings is 1. The van der Waals surface area contributed by atoms with Crippen molar-refractivity contribution in [2.75, 3.05) is 24.3 Å². The van der Waals surface area contributed by atoms with E-state index in [-0.39, 0.29) is 23.6 Å². The molecule has 1 unspecified atom stereocenters. The number of anilines is 1. The molecular weight excluding hydrogens is 300 g/mol. The highest BCUT2D eigenvalue weighted by Crippen LogP contribution is 2.29. The van der Waals surface area contributed by atoms with Crippen molar-refractivity contribution in [2.24, 2.45) is 0 Å². The summed E-state index contributed by atoms with van der Waals surface area (Å²) in [5.41, 5.74) is 0.625. The van der Waals surface area contributed by atoms with Gasteiger partial charge in [-0.1, -0.05) is 6.07 Å². The van der Waals surface area contributed by atoms with Crippen molar-refractivity contribution in [3.8, 4) is 0 Å². The van der Waals surface area contributed by atoms with Gasteiger partial charge in [-0.2, -0.15) is 0 Å². The van der Waals surface area contributed by atoms with Crippen molar-refractivity contribution in [1.29, 1.82) is 0 Å². The Balaban J connectivity index is 2.29. The summed E-state index contributed by atoms with van der Waals surface area (Å²) in [5, 5.41) is 21.0. The number of rotatable bonds is 6. The molecule has 112 valence electrons. The highest BCUT2D eigenvalue weighted by Gasteiger charge is 2.38. The van der Waals surface area contributed by atoms with Gasteiger partial charge in [-0.05, 0) is 12.1 Å². The number of aliphatic carboxylic acids is 1. The number of hydrogen-bond acceptors (Lipinski definition) is 5. The number of fused-ring (bicyclic) bond motifs is 1. The molecule has 1 atom stereocenters. The lowest BCUT2D eigenvalue weighted by Crippen LogP contribution is -2.34. The van der Waals surface area contributed by atoms with E-state index in [4.69, 9.17) is 16.7 Å². The maximum atomic E-state index is 12.2. The van der Waals surface area contributed by atoms with Crippen molar-refractivity contribution < 1.29 is 24.6 Å². The van der Waals surface area contributed by atoms with Crippen LogP contribution in [0.25, 0.3) is 0 Å². The lowest BCUT2D eigenvalue weighted by atomic mass is 10.1. The van der Waals surface area contributed by atoms with Gasteiger partial charge in [0.15, 0.2) is 0 Å². The van der Waals surface area contributed by atoms with Crippen molar-refractivity contribution >= 4 is 35.1 Å². The molecule has 0 radical (unpaired) electrons. The Labute approximate surface area is 125 Å². The smallest absolute Gasteiger partial charge is 0.323 e. The Kier molecular flexibility index (Phi) is 4.44. The molecule has 0 bridgehead atoms. The van der Waals surface area contributed by atoms with Gasteiger partial charge in [-0.25, -0.2) is 0 Å². The molecule has 0 fully saturated rings. The van der Waals surface area contributed by atoms with Crippen LogP contribution in [0.4, 0.5) is 5.69 Å². The fraction of sp³-hybridized carbons (Fsp3) is 0.308. The zero-order chi connectivity index (χ0) is 15.6. The van der Waals surface area contributed by atoms with E-state index in [1.807, 2.05) is 0 Å². The van der Waals surface area contributed by atoms with Gasteiger partial charge in [0.1, 0.15) is 6.54 Å². The van der Waals surface area contributed by atoms with Crippen molar-refractivity contribution in [3.63, 3.8) is 0 Å². The second-order valence-electron chi connectivity index (χ2n) is 4.51. The van der Waals surface area contributed by atoms with Crippen LogP contribution in [-0.2, 0) is 4.79 Å². The molecule has 8 heteroatoms. The van der Waals surface area contributed by atoms with E-state index < -0.39 is 30.4 Å². The molecule has 2 rings (SSSR count). The summed E-state index contributed by atoms with van der Waals surface area (Å²) in [5.74, 6) is -2.54. The fourth-order valence-corrected chi connectivity index (χ4v) is 2.15. The summed E-state index contributed by atoms with van der Waals surface area (Å²) >= 11 is 5.48. The van der Waals surface area contributed by atoms with Crippen LogP contribution < -0.4 is 5.32 Å². The largest absolute Gasteiger partial charge is 0.480 e. The van der Waals surface area contributed by atoms with Gasteiger partial charge >= 0.3 is 5.97 Å². The Hall–Kier alpha value is -2.12. The summed E-state index contributed by atoms with van der Waals surface area (Å²) in [6.45, 7) is -0.573. The third kappa shape index (κ3) is 2.98.